The minimum Gasteiger partial charge on any atom is -0.479 e. The summed E-state index contributed by atoms with van der Waals surface area (Å²) in [4.78, 5) is 25.2. The number of aliphatic hydroxyl groups excluding tert-OH is 1. The van der Waals surface area contributed by atoms with Crippen LogP contribution in [0.2, 0.25) is 0 Å². The Bertz CT molecular complexity index is 605. The lowest BCUT2D eigenvalue weighted by atomic mass is 10.1. The van der Waals surface area contributed by atoms with Crippen molar-refractivity contribution in [3.05, 3.63) is 36.0 Å². The highest BCUT2D eigenvalue weighted by Gasteiger charge is 2.13. The average Bonchev–Trinajstić information content (AvgIpc) is 2.85. The van der Waals surface area contributed by atoms with Gasteiger partial charge in [0.15, 0.2) is 6.10 Å². The Morgan fingerprint density at radius 3 is 2.84 bits per heavy atom. The highest BCUT2D eigenvalue weighted by Crippen LogP contribution is 2.14. The summed E-state index contributed by atoms with van der Waals surface area (Å²) < 4.78 is 0. The number of nitrogens with one attached hydrogen (secondary N) is 2. The fourth-order valence-electron chi connectivity index (χ4n) is 1.74. The van der Waals surface area contributed by atoms with E-state index in [-0.39, 0.29) is 18.9 Å². The maximum absolute atomic E-state index is 11.8. The second-order valence-electron chi connectivity index (χ2n) is 4.18. The number of carbonyl (C=O) groups excluding carboxylic acids is 1. The Labute approximate surface area is 109 Å². The average molecular weight is 262 g/mol. The number of hydrogen-bond donors (Lipinski definition) is 4. The van der Waals surface area contributed by atoms with Crippen molar-refractivity contribution in [1.29, 1.82) is 0 Å². The number of fused-ring (bicyclic) bond motifs is 1. The Kier molecular flexibility index (Phi) is 3.82. The van der Waals surface area contributed by atoms with Crippen molar-refractivity contribution in [2.24, 2.45) is 0 Å². The van der Waals surface area contributed by atoms with Gasteiger partial charge in [0.05, 0.1) is 0 Å². The monoisotopic (exact) mass is 262 g/mol. The van der Waals surface area contributed by atoms with E-state index < -0.39 is 12.1 Å². The van der Waals surface area contributed by atoms with Crippen LogP contribution in [0.25, 0.3) is 10.9 Å². The van der Waals surface area contributed by atoms with Crippen LogP contribution in [0.3, 0.4) is 0 Å². The number of carbonyl (C=O) groups is 2. The van der Waals surface area contributed by atoms with Crippen LogP contribution >= 0.6 is 0 Å². The Hall–Kier alpha value is -2.34. The molecule has 0 aliphatic heterocycles. The summed E-state index contributed by atoms with van der Waals surface area (Å²) in [5.74, 6) is -1.58. The molecule has 2 rings (SSSR count). The van der Waals surface area contributed by atoms with Crippen LogP contribution in [0.1, 0.15) is 16.8 Å². The number of carboxylic acids is 1. The third-order valence-electron chi connectivity index (χ3n) is 2.80. The minimum atomic E-state index is -1.45. The zero-order chi connectivity index (χ0) is 13.8. The third-order valence-corrected chi connectivity index (χ3v) is 2.80. The number of benzene rings is 1. The van der Waals surface area contributed by atoms with Gasteiger partial charge in [0.1, 0.15) is 0 Å². The van der Waals surface area contributed by atoms with Crippen LogP contribution in [0.5, 0.6) is 0 Å². The summed E-state index contributed by atoms with van der Waals surface area (Å²) in [5, 5.41) is 21.1. The second kappa shape index (κ2) is 5.53. The molecule has 0 saturated carbocycles. The molecule has 0 aliphatic carbocycles. The first-order valence-corrected chi connectivity index (χ1v) is 5.84. The molecule has 100 valence electrons. The van der Waals surface area contributed by atoms with E-state index in [1.807, 2.05) is 6.07 Å². The smallest absolute Gasteiger partial charge is 0.332 e. The van der Waals surface area contributed by atoms with E-state index in [4.69, 9.17) is 10.2 Å². The number of amides is 1. The van der Waals surface area contributed by atoms with Crippen molar-refractivity contribution in [1.82, 2.24) is 10.3 Å². The summed E-state index contributed by atoms with van der Waals surface area (Å²) >= 11 is 0. The van der Waals surface area contributed by atoms with Crippen molar-refractivity contribution in [3.8, 4) is 0 Å². The van der Waals surface area contributed by atoms with Crippen molar-refractivity contribution in [3.63, 3.8) is 0 Å². The van der Waals surface area contributed by atoms with Gasteiger partial charge in [-0.25, -0.2) is 4.79 Å². The normalized spacial score (nSPS) is 12.3. The molecule has 19 heavy (non-hydrogen) atoms. The zero-order valence-corrected chi connectivity index (χ0v) is 10.1. The molecule has 1 aromatic carbocycles. The van der Waals surface area contributed by atoms with Gasteiger partial charge in [-0.15, -0.1) is 0 Å². The van der Waals surface area contributed by atoms with Gasteiger partial charge in [-0.3, -0.25) is 4.79 Å². The Morgan fingerprint density at radius 1 is 1.32 bits per heavy atom. The molecule has 0 aliphatic rings. The van der Waals surface area contributed by atoms with Gasteiger partial charge in [0.25, 0.3) is 5.91 Å². The molecule has 1 amide bonds. The van der Waals surface area contributed by atoms with E-state index in [1.54, 1.807) is 24.4 Å². The SMILES string of the molecule is O=C(NCCC(O)C(=O)O)c1ccc2[nH]ccc2c1. The first kappa shape index (κ1) is 13.1. The molecule has 0 saturated heterocycles. The van der Waals surface area contributed by atoms with E-state index in [2.05, 4.69) is 10.3 Å². The number of rotatable bonds is 5. The van der Waals surface area contributed by atoms with Crippen LogP contribution in [0.15, 0.2) is 30.5 Å². The predicted octanol–water partition coefficient (Wildman–Crippen LogP) is 0.733. The molecular formula is C13H14N2O4. The fourth-order valence-corrected chi connectivity index (χ4v) is 1.74. The number of aliphatic hydroxyl groups is 1. The van der Waals surface area contributed by atoms with Gasteiger partial charge in [0, 0.05) is 35.6 Å². The molecule has 4 N–H and O–H groups in total. The maximum atomic E-state index is 11.8. The number of H-pyrrole nitrogens is 1. The number of aromatic amines is 1. The largest absolute Gasteiger partial charge is 0.479 e. The van der Waals surface area contributed by atoms with Gasteiger partial charge < -0.3 is 20.5 Å². The molecule has 1 atom stereocenters. The molecule has 1 unspecified atom stereocenters. The summed E-state index contributed by atoms with van der Waals surface area (Å²) in [6.45, 7) is 0.109. The van der Waals surface area contributed by atoms with Gasteiger partial charge in [-0.05, 0) is 24.3 Å². The topological polar surface area (TPSA) is 102 Å². The predicted molar refractivity (Wildman–Crippen MR) is 68.9 cm³/mol. The van der Waals surface area contributed by atoms with E-state index >= 15 is 0 Å². The van der Waals surface area contributed by atoms with Crippen molar-refractivity contribution < 1.29 is 19.8 Å². The van der Waals surface area contributed by atoms with Gasteiger partial charge in [-0.2, -0.15) is 0 Å². The summed E-state index contributed by atoms with van der Waals surface area (Å²) in [6.07, 6.45) is 0.315. The summed E-state index contributed by atoms with van der Waals surface area (Å²) in [7, 11) is 0. The highest BCUT2D eigenvalue weighted by atomic mass is 16.4. The van der Waals surface area contributed by atoms with Gasteiger partial charge in [-0.1, -0.05) is 0 Å². The van der Waals surface area contributed by atoms with Gasteiger partial charge >= 0.3 is 5.97 Å². The first-order chi connectivity index (χ1) is 9.08. The van der Waals surface area contributed by atoms with Crippen LogP contribution in [-0.2, 0) is 4.79 Å². The summed E-state index contributed by atoms with van der Waals surface area (Å²) in [6, 6.07) is 7.09. The van der Waals surface area contributed by atoms with Crippen molar-refractivity contribution in [2.75, 3.05) is 6.54 Å². The Balaban J connectivity index is 1.94. The minimum absolute atomic E-state index is 0.0204. The van der Waals surface area contributed by atoms with Crippen LogP contribution in [0.4, 0.5) is 0 Å². The summed E-state index contributed by atoms with van der Waals surface area (Å²) in [5.41, 5.74) is 1.44. The molecule has 6 nitrogen and oxygen atoms in total. The van der Waals surface area contributed by atoms with Crippen LogP contribution in [-0.4, -0.2) is 39.7 Å². The van der Waals surface area contributed by atoms with E-state index in [0.29, 0.717) is 5.56 Å². The maximum Gasteiger partial charge on any atom is 0.332 e. The van der Waals surface area contributed by atoms with Crippen molar-refractivity contribution >= 4 is 22.8 Å². The fraction of sp³-hybridized carbons (Fsp3) is 0.231. The van der Waals surface area contributed by atoms with E-state index in [9.17, 15) is 9.59 Å². The molecule has 1 heterocycles. The Morgan fingerprint density at radius 2 is 2.11 bits per heavy atom. The molecule has 0 radical (unpaired) electrons. The highest BCUT2D eigenvalue weighted by molar-refractivity contribution is 5.98. The van der Waals surface area contributed by atoms with Crippen LogP contribution < -0.4 is 5.32 Å². The quantitative estimate of drug-likeness (QED) is 0.638. The first-order valence-electron chi connectivity index (χ1n) is 5.84. The zero-order valence-electron chi connectivity index (χ0n) is 10.1. The van der Waals surface area contributed by atoms with E-state index in [1.165, 1.54) is 0 Å². The number of carboxylic acid groups (broad SMARTS) is 1. The molecule has 0 bridgehead atoms. The molecule has 0 spiro atoms. The number of aromatic nitrogens is 1. The third kappa shape index (κ3) is 3.11. The standard InChI is InChI=1S/C13H14N2O4/c16-11(13(18)19)4-6-15-12(17)9-1-2-10-8(7-9)3-5-14-10/h1-3,5,7,11,14,16H,4,6H2,(H,15,17)(H,18,19). The van der Waals surface area contributed by atoms with Crippen LogP contribution in [0, 0.1) is 0 Å². The molecular weight excluding hydrogens is 248 g/mol. The molecule has 0 fully saturated rings. The molecule has 2 aromatic rings. The number of hydrogen-bond acceptors (Lipinski definition) is 3. The second-order valence-corrected chi connectivity index (χ2v) is 4.18. The van der Waals surface area contributed by atoms with Gasteiger partial charge in [0.2, 0.25) is 0 Å². The molecule has 1 aromatic heterocycles. The lowest BCUT2D eigenvalue weighted by Gasteiger charge is -2.07. The lowest BCUT2D eigenvalue weighted by molar-refractivity contribution is -0.146. The molecule has 6 heteroatoms. The van der Waals surface area contributed by atoms with E-state index in [0.717, 1.165) is 10.9 Å². The number of aliphatic carboxylic acids is 1. The van der Waals surface area contributed by atoms with Crippen molar-refractivity contribution in [2.45, 2.75) is 12.5 Å². The lowest BCUT2D eigenvalue weighted by Crippen LogP contribution is -2.30.